The Morgan fingerprint density at radius 1 is 0.302 bits per heavy atom. The fourth-order valence-electron chi connectivity index (χ4n) is 7.34. The van der Waals surface area contributed by atoms with Crippen molar-refractivity contribution in [2.75, 3.05) is 107 Å². The lowest BCUT2D eigenvalue weighted by molar-refractivity contribution is 0.0994. The summed E-state index contributed by atoms with van der Waals surface area (Å²) in [6.45, 7) is 0. The van der Waals surface area contributed by atoms with Gasteiger partial charge in [-0.05, 0) is 62.7 Å². The average molecular weight is 855 g/mol. The molecule has 1 aliphatic carbocycles. The molecule has 1 aliphatic rings. The van der Waals surface area contributed by atoms with Crippen LogP contribution in [0.2, 0.25) is 30.2 Å². The second-order valence-electron chi connectivity index (χ2n) is 13.2. The molecule has 0 N–H and O–H groups in total. The van der Waals surface area contributed by atoms with E-state index >= 15 is 0 Å². The van der Waals surface area contributed by atoms with Crippen molar-refractivity contribution in [1.82, 2.24) is 0 Å². The third-order valence-corrected chi connectivity index (χ3v) is 25.1. The van der Waals surface area contributed by atoms with Crippen LogP contribution in [0.1, 0.15) is 64.2 Å². The number of unbranched alkanes of at least 4 members (excludes halogenated alkanes) is 3. The summed E-state index contributed by atoms with van der Waals surface area (Å²) in [7, 11) is 12.4. The Bertz CT molecular complexity index is 815. The van der Waals surface area contributed by atoms with Crippen molar-refractivity contribution in [2.45, 2.75) is 94.4 Å². The van der Waals surface area contributed by atoms with Gasteiger partial charge >= 0.3 is 44.0 Å². The van der Waals surface area contributed by atoms with Crippen LogP contribution >= 0.6 is 0 Å². The summed E-state index contributed by atoms with van der Waals surface area (Å²) in [5, 5.41) is 0. The van der Waals surface area contributed by atoms with Gasteiger partial charge in [0.1, 0.15) is 0 Å². The monoisotopic (exact) mass is 854 g/mol. The van der Waals surface area contributed by atoms with Gasteiger partial charge in [-0.3, -0.25) is 0 Å². The minimum absolute atomic E-state index is 0.539. The Balaban J connectivity index is 0.00000116. The highest BCUT2D eigenvalue weighted by Gasteiger charge is 2.44. The van der Waals surface area contributed by atoms with Gasteiger partial charge in [-0.25, -0.2) is 0 Å². The van der Waals surface area contributed by atoms with Crippen molar-refractivity contribution in [2.24, 2.45) is 17.8 Å². The summed E-state index contributed by atoms with van der Waals surface area (Å²) in [5.74, 6) is 1.72. The molecule has 1 rings (SSSR count). The first kappa shape index (κ1) is 53.5. The van der Waals surface area contributed by atoms with Gasteiger partial charge in [0.2, 0.25) is 0 Å². The molecule has 1 fully saturated rings. The normalized spacial score (nSPS) is 19.0. The summed E-state index contributed by atoms with van der Waals surface area (Å²) < 4.78 is 83.3. The summed E-state index contributed by atoms with van der Waals surface area (Å²) in [6, 6.07) is 4.14. The number of rotatable bonds is 31. The molecular formula is C33H78O15Si5. The van der Waals surface area contributed by atoms with E-state index in [0.29, 0.717) is 17.8 Å². The van der Waals surface area contributed by atoms with Crippen LogP contribution in [0.3, 0.4) is 0 Å². The molecule has 3 atom stereocenters. The Hall–Kier alpha value is 0.484. The SMILES string of the molecule is CO[Si](CCC1CCC(CC[Si](OC)(OC)OC)C(CC[Si](OC)(OC)OC)C1)(OC)OC.CO[Si](CCCCCC[Si](OC)(OC)OC)(OC)OC. The van der Waals surface area contributed by atoms with Crippen molar-refractivity contribution >= 4 is 44.0 Å². The molecule has 0 aromatic heterocycles. The van der Waals surface area contributed by atoms with Gasteiger partial charge in [0.15, 0.2) is 0 Å². The minimum Gasteiger partial charge on any atom is -0.377 e. The number of hydrogen-bond acceptors (Lipinski definition) is 15. The second-order valence-corrected chi connectivity index (χ2v) is 28.7. The first-order chi connectivity index (χ1) is 25.4. The maximum absolute atomic E-state index is 5.69. The lowest BCUT2D eigenvalue weighted by Gasteiger charge is -2.39. The Morgan fingerprint density at radius 3 is 0.868 bits per heavy atom. The Labute approximate surface area is 328 Å². The van der Waals surface area contributed by atoms with Gasteiger partial charge in [0.05, 0.1) is 0 Å². The van der Waals surface area contributed by atoms with E-state index in [9.17, 15) is 0 Å². The van der Waals surface area contributed by atoms with Crippen LogP contribution < -0.4 is 0 Å². The standard InChI is InChI=1S/C21H48O9Si3.C12H30O6Si2/c1-22-31(23-2,24-3)15-12-19-10-11-20(13-16-32(25-4,26-5)27-6)21(18-19)14-17-33(28-7,29-8)30-9;1-13-19(14-2,15-3)11-9-7-8-10-12-20(16-4,17-5)18-6/h19-21H,10-18H2,1-9H3;7-12H2,1-6H3. The smallest absolute Gasteiger partial charge is 0.377 e. The fourth-order valence-corrected chi connectivity index (χ4v) is 16.5. The zero-order valence-electron chi connectivity index (χ0n) is 36.0. The van der Waals surface area contributed by atoms with Gasteiger partial charge in [-0.2, -0.15) is 0 Å². The first-order valence-corrected chi connectivity index (χ1v) is 28.3. The third-order valence-electron chi connectivity index (χ3n) is 11.1. The van der Waals surface area contributed by atoms with Crippen LogP contribution in [0.5, 0.6) is 0 Å². The highest BCUT2D eigenvalue weighted by molar-refractivity contribution is 6.62. The van der Waals surface area contributed by atoms with E-state index in [-0.39, 0.29) is 0 Å². The molecule has 20 heteroatoms. The third kappa shape index (κ3) is 17.5. The second kappa shape index (κ2) is 28.8. The van der Waals surface area contributed by atoms with E-state index < -0.39 is 44.0 Å². The van der Waals surface area contributed by atoms with Crippen molar-refractivity contribution in [3.63, 3.8) is 0 Å². The van der Waals surface area contributed by atoms with Crippen LogP contribution in [0, 0.1) is 17.8 Å². The van der Waals surface area contributed by atoms with E-state index in [4.69, 9.17) is 66.4 Å². The van der Waals surface area contributed by atoms with E-state index in [1.807, 2.05) is 0 Å². The lowest BCUT2D eigenvalue weighted by atomic mass is 9.71. The summed E-state index contributed by atoms with van der Waals surface area (Å²) >= 11 is 0. The van der Waals surface area contributed by atoms with Crippen molar-refractivity contribution < 1.29 is 66.4 Å². The molecule has 0 bridgehead atoms. The highest BCUT2D eigenvalue weighted by Crippen LogP contribution is 2.43. The molecule has 53 heavy (non-hydrogen) atoms. The summed E-state index contributed by atoms with van der Waals surface area (Å²) in [6.07, 6.45) is 10.8. The van der Waals surface area contributed by atoms with E-state index in [1.165, 1.54) is 12.8 Å². The molecule has 0 spiro atoms. The van der Waals surface area contributed by atoms with E-state index in [1.54, 1.807) is 107 Å². The molecule has 0 saturated heterocycles. The zero-order chi connectivity index (χ0) is 40.4. The van der Waals surface area contributed by atoms with Gasteiger partial charge in [-0.15, -0.1) is 0 Å². The van der Waals surface area contributed by atoms with Crippen LogP contribution in [0.15, 0.2) is 0 Å². The Kier molecular flexibility index (Phi) is 29.1. The van der Waals surface area contributed by atoms with Crippen LogP contribution in [-0.4, -0.2) is 151 Å². The predicted molar refractivity (Wildman–Crippen MR) is 215 cm³/mol. The lowest BCUT2D eigenvalue weighted by Crippen LogP contribution is -2.45. The fraction of sp³-hybridized carbons (Fsp3) is 1.00. The molecule has 0 radical (unpaired) electrons. The van der Waals surface area contributed by atoms with Crippen molar-refractivity contribution in [1.29, 1.82) is 0 Å². The predicted octanol–water partition coefficient (Wildman–Crippen LogP) is 6.13. The van der Waals surface area contributed by atoms with Crippen molar-refractivity contribution in [3.8, 4) is 0 Å². The quantitative estimate of drug-likeness (QED) is 0.0584. The molecule has 15 nitrogen and oxygen atoms in total. The topological polar surface area (TPSA) is 138 Å². The molecule has 3 unspecified atom stereocenters. The largest absolute Gasteiger partial charge is 0.500 e. The maximum Gasteiger partial charge on any atom is 0.500 e. The van der Waals surface area contributed by atoms with Gasteiger partial charge < -0.3 is 66.4 Å². The molecule has 0 heterocycles. The van der Waals surface area contributed by atoms with Crippen LogP contribution in [0.4, 0.5) is 0 Å². The first-order valence-electron chi connectivity index (χ1n) is 18.6. The van der Waals surface area contributed by atoms with Gasteiger partial charge in [-0.1, -0.05) is 19.3 Å². The highest BCUT2D eigenvalue weighted by atomic mass is 28.4. The average Bonchev–Trinajstić information content (AvgIpc) is 3.22. The molecule has 0 amide bonds. The zero-order valence-corrected chi connectivity index (χ0v) is 41.0. The van der Waals surface area contributed by atoms with Gasteiger partial charge in [0, 0.05) is 137 Å². The molecular weight excluding hydrogens is 777 g/mol. The maximum atomic E-state index is 5.69. The van der Waals surface area contributed by atoms with Crippen LogP contribution in [-0.2, 0) is 66.4 Å². The molecule has 1 saturated carbocycles. The Morgan fingerprint density at radius 2 is 0.566 bits per heavy atom. The summed E-state index contributed by atoms with van der Waals surface area (Å²) in [5.41, 5.74) is 0. The number of hydrogen-bond donors (Lipinski definition) is 0. The van der Waals surface area contributed by atoms with Gasteiger partial charge in [0.25, 0.3) is 0 Å². The molecule has 0 aromatic carbocycles. The molecule has 0 aliphatic heterocycles. The van der Waals surface area contributed by atoms with E-state index in [0.717, 1.165) is 81.6 Å². The summed E-state index contributed by atoms with van der Waals surface area (Å²) in [4.78, 5) is 0. The molecule has 320 valence electrons. The minimum atomic E-state index is -2.62. The molecule has 0 aromatic rings. The van der Waals surface area contributed by atoms with Crippen molar-refractivity contribution in [3.05, 3.63) is 0 Å². The van der Waals surface area contributed by atoms with Crippen LogP contribution in [0.25, 0.3) is 0 Å². The van der Waals surface area contributed by atoms with E-state index in [2.05, 4.69) is 0 Å².